The highest BCUT2D eigenvalue weighted by atomic mass is 16.6. The summed E-state index contributed by atoms with van der Waals surface area (Å²) in [6, 6.07) is 0. The van der Waals surface area contributed by atoms with Gasteiger partial charge in [0.15, 0.2) is 6.10 Å². The molecule has 0 aliphatic heterocycles. The second-order valence-electron chi connectivity index (χ2n) is 11.2. The minimum Gasteiger partial charge on any atom is -0.462 e. The maximum Gasteiger partial charge on any atom is 0.306 e. The van der Waals surface area contributed by atoms with Gasteiger partial charge in [0.25, 0.3) is 0 Å². The van der Waals surface area contributed by atoms with Gasteiger partial charge in [0, 0.05) is 12.8 Å². The largest absolute Gasteiger partial charge is 0.462 e. The van der Waals surface area contributed by atoms with Gasteiger partial charge in [-0.15, -0.1) is 0 Å². The number of esters is 2. The summed E-state index contributed by atoms with van der Waals surface area (Å²) in [6.45, 7) is 3.77. The van der Waals surface area contributed by atoms with Crippen molar-refractivity contribution in [1.29, 1.82) is 0 Å². The van der Waals surface area contributed by atoms with Gasteiger partial charge in [0.1, 0.15) is 6.61 Å². The first-order chi connectivity index (χ1) is 23.6. The molecule has 0 aliphatic carbocycles. The van der Waals surface area contributed by atoms with Gasteiger partial charge in [0.2, 0.25) is 0 Å². The molecule has 0 rings (SSSR count). The van der Waals surface area contributed by atoms with E-state index in [0.717, 1.165) is 77.0 Å². The number of aliphatic hydroxyl groups is 1. The maximum absolute atomic E-state index is 12.1. The lowest BCUT2D eigenvalue weighted by molar-refractivity contribution is -0.161. The van der Waals surface area contributed by atoms with Crippen molar-refractivity contribution in [2.75, 3.05) is 13.2 Å². The topological polar surface area (TPSA) is 72.8 Å². The minimum atomic E-state index is -0.832. The summed E-state index contributed by atoms with van der Waals surface area (Å²) in [6.07, 6.45) is 55.5. The number of carbonyl (C=O) groups is 2. The first-order valence-corrected chi connectivity index (χ1v) is 18.1. The molecule has 48 heavy (non-hydrogen) atoms. The van der Waals surface area contributed by atoms with Crippen LogP contribution in [0.2, 0.25) is 0 Å². The van der Waals surface area contributed by atoms with Crippen molar-refractivity contribution in [2.45, 2.75) is 123 Å². The lowest BCUT2D eigenvalue weighted by atomic mass is 10.2. The summed E-state index contributed by atoms with van der Waals surface area (Å²) in [5.41, 5.74) is 0. The molecule has 266 valence electrons. The van der Waals surface area contributed by atoms with E-state index in [0.29, 0.717) is 12.8 Å². The fraction of sp³-hybridized carbons (Fsp3) is 0.488. The minimum absolute atomic E-state index is 0.127. The average molecular weight is 661 g/mol. The molecule has 0 amide bonds. The van der Waals surface area contributed by atoms with Gasteiger partial charge in [-0.05, 0) is 89.9 Å². The van der Waals surface area contributed by atoms with Gasteiger partial charge < -0.3 is 14.6 Å². The molecule has 0 radical (unpaired) electrons. The number of hydrogen-bond acceptors (Lipinski definition) is 5. The zero-order chi connectivity index (χ0) is 35.0. The molecule has 5 heteroatoms. The van der Waals surface area contributed by atoms with Crippen LogP contribution < -0.4 is 0 Å². The molecule has 0 fully saturated rings. The summed E-state index contributed by atoms with van der Waals surface area (Å²) >= 11 is 0. The van der Waals surface area contributed by atoms with Crippen molar-refractivity contribution >= 4 is 11.9 Å². The van der Waals surface area contributed by atoms with E-state index in [1.165, 1.54) is 0 Å². The fourth-order valence-corrected chi connectivity index (χ4v) is 4.09. The monoisotopic (exact) mass is 660 g/mol. The Kier molecular flexibility index (Phi) is 34.8. The van der Waals surface area contributed by atoms with Crippen molar-refractivity contribution in [3.8, 4) is 0 Å². The SMILES string of the molecule is CC/C=C/C/C=C/C/C=C/C/C=C/C/C=C/CCCC(=O)OC[C@H](CO)OC(=O)CCC/C=C/C/C=C/C/C=C/C/C=C/C/C=C/CC. The van der Waals surface area contributed by atoms with Gasteiger partial charge in [-0.2, -0.15) is 0 Å². The molecule has 0 bridgehead atoms. The van der Waals surface area contributed by atoms with Crippen LogP contribution >= 0.6 is 0 Å². The van der Waals surface area contributed by atoms with Crippen LogP contribution in [0, 0.1) is 0 Å². The van der Waals surface area contributed by atoms with E-state index in [2.05, 4.69) is 135 Å². The first kappa shape index (κ1) is 44.3. The van der Waals surface area contributed by atoms with Crippen LogP contribution in [0.1, 0.15) is 117 Å². The molecule has 0 saturated carbocycles. The molecule has 0 heterocycles. The summed E-state index contributed by atoms with van der Waals surface area (Å²) in [7, 11) is 0. The average Bonchev–Trinajstić information content (AvgIpc) is 3.09. The summed E-state index contributed by atoms with van der Waals surface area (Å²) < 4.78 is 10.5. The van der Waals surface area contributed by atoms with Crippen molar-refractivity contribution < 1.29 is 24.2 Å². The third-order valence-corrected chi connectivity index (χ3v) is 6.75. The van der Waals surface area contributed by atoms with Crippen LogP contribution in [0.25, 0.3) is 0 Å². The van der Waals surface area contributed by atoms with Crippen molar-refractivity contribution in [3.63, 3.8) is 0 Å². The van der Waals surface area contributed by atoms with Crippen molar-refractivity contribution in [1.82, 2.24) is 0 Å². The van der Waals surface area contributed by atoms with Crippen LogP contribution in [0.4, 0.5) is 0 Å². The van der Waals surface area contributed by atoms with Gasteiger partial charge in [-0.25, -0.2) is 0 Å². The molecular weight excluding hydrogens is 596 g/mol. The molecule has 0 unspecified atom stereocenters. The van der Waals surface area contributed by atoms with E-state index < -0.39 is 12.1 Å². The standard InChI is InChI=1S/C43H64O5/c1-3-5-7-9-11-13-15-17-19-21-23-25-27-29-31-33-35-37-42(45)47-40-41(39-44)48-43(46)38-36-34-32-30-28-26-24-22-20-18-16-14-12-10-8-6-4-2/h5-8,11-14,17-20,23-26,29-32,41,44H,3-4,9-10,15-16,21-22,27-28,33-40H2,1-2H3/b7-5+,8-6+,13-11+,14-12+,19-17+,20-18+,25-23+,26-24+,31-29+,32-30+/t41-/m0/s1. The summed E-state index contributed by atoms with van der Waals surface area (Å²) in [4.78, 5) is 24.2. The summed E-state index contributed by atoms with van der Waals surface area (Å²) in [5, 5.41) is 9.52. The van der Waals surface area contributed by atoms with Crippen LogP contribution in [-0.2, 0) is 19.1 Å². The van der Waals surface area contributed by atoms with Crippen LogP contribution in [0.15, 0.2) is 122 Å². The highest BCUT2D eigenvalue weighted by Gasteiger charge is 2.15. The van der Waals surface area contributed by atoms with Gasteiger partial charge >= 0.3 is 11.9 Å². The van der Waals surface area contributed by atoms with Gasteiger partial charge in [0.05, 0.1) is 6.61 Å². The normalized spacial score (nSPS) is 13.6. The maximum atomic E-state index is 12.1. The van der Waals surface area contributed by atoms with E-state index in [-0.39, 0.29) is 32.0 Å². The Bertz CT molecular complexity index is 1060. The second kappa shape index (κ2) is 37.8. The van der Waals surface area contributed by atoms with E-state index in [1.54, 1.807) is 0 Å². The van der Waals surface area contributed by atoms with Gasteiger partial charge in [-0.1, -0.05) is 135 Å². The Labute approximate surface area is 293 Å². The Morgan fingerprint density at radius 1 is 0.479 bits per heavy atom. The lowest BCUT2D eigenvalue weighted by Crippen LogP contribution is -2.28. The second-order valence-corrected chi connectivity index (χ2v) is 11.2. The van der Waals surface area contributed by atoms with Crippen LogP contribution in [-0.4, -0.2) is 36.4 Å². The Hall–Kier alpha value is -3.70. The quantitative estimate of drug-likeness (QED) is 0.0471. The van der Waals surface area contributed by atoms with Crippen LogP contribution in [0.3, 0.4) is 0 Å². The summed E-state index contributed by atoms with van der Waals surface area (Å²) in [5.74, 6) is -0.744. The number of hydrogen-bond donors (Lipinski definition) is 1. The number of unbranched alkanes of at least 4 members (excludes halogenated alkanes) is 2. The highest BCUT2D eigenvalue weighted by molar-refractivity contribution is 5.70. The number of rotatable bonds is 30. The third kappa shape index (κ3) is 35.2. The first-order valence-electron chi connectivity index (χ1n) is 18.1. The number of allylic oxidation sites excluding steroid dienone is 20. The zero-order valence-corrected chi connectivity index (χ0v) is 29.9. The molecule has 0 spiro atoms. The number of aliphatic hydroxyl groups excluding tert-OH is 1. The van der Waals surface area contributed by atoms with Gasteiger partial charge in [-0.3, -0.25) is 9.59 Å². The Balaban J connectivity index is 3.83. The zero-order valence-electron chi connectivity index (χ0n) is 29.9. The van der Waals surface area contributed by atoms with Crippen molar-refractivity contribution in [2.24, 2.45) is 0 Å². The Morgan fingerprint density at radius 3 is 1.12 bits per heavy atom. The van der Waals surface area contributed by atoms with Crippen molar-refractivity contribution in [3.05, 3.63) is 122 Å². The van der Waals surface area contributed by atoms with E-state index >= 15 is 0 Å². The molecule has 0 aromatic heterocycles. The molecule has 0 saturated heterocycles. The molecule has 1 N–H and O–H groups in total. The Morgan fingerprint density at radius 2 is 0.792 bits per heavy atom. The van der Waals surface area contributed by atoms with E-state index in [1.807, 2.05) is 0 Å². The molecular formula is C43H64O5. The fourth-order valence-electron chi connectivity index (χ4n) is 4.09. The number of carbonyl (C=O) groups excluding carboxylic acids is 2. The molecule has 0 aromatic carbocycles. The van der Waals surface area contributed by atoms with Crippen LogP contribution in [0.5, 0.6) is 0 Å². The lowest BCUT2D eigenvalue weighted by Gasteiger charge is -2.15. The molecule has 1 atom stereocenters. The molecule has 0 aromatic rings. The predicted molar refractivity (Wildman–Crippen MR) is 205 cm³/mol. The van der Waals surface area contributed by atoms with E-state index in [4.69, 9.17) is 9.47 Å². The molecule has 0 aliphatic rings. The third-order valence-electron chi connectivity index (χ3n) is 6.75. The van der Waals surface area contributed by atoms with E-state index in [9.17, 15) is 14.7 Å². The predicted octanol–water partition coefficient (Wildman–Crippen LogP) is 11.3. The number of ether oxygens (including phenoxy) is 2. The smallest absolute Gasteiger partial charge is 0.306 e. The highest BCUT2D eigenvalue weighted by Crippen LogP contribution is 2.06. The molecule has 5 nitrogen and oxygen atoms in total.